The normalized spacial score (nSPS) is 11.2. The molecule has 9 heteroatoms. The predicted octanol–water partition coefficient (Wildman–Crippen LogP) is 3.28. The lowest BCUT2D eigenvalue weighted by Gasteiger charge is -2.18. The molecule has 2 aromatic carbocycles. The van der Waals surface area contributed by atoms with E-state index >= 15 is 0 Å². The molecular weight excluding hydrogens is 414 g/mol. The van der Waals surface area contributed by atoms with Crippen molar-refractivity contribution in [3.05, 3.63) is 89.9 Å². The second kappa shape index (κ2) is 10.6. The summed E-state index contributed by atoms with van der Waals surface area (Å²) >= 11 is 0. The van der Waals surface area contributed by atoms with Gasteiger partial charge >= 0.3 is 12.0 Å². The second-order valence-corrected chi connectivity index (χ2v) is 6.55. The van der Waals surface area contributed by atoms with Crippen LogP contribution in [0.25, 0.3) is 0 Å². The Bertz CT molecular complexity index is 1080. The van der Waals surface area contributed by atoms with E-state index in [1.807, 2.05) is 0 Å². The lowest BCUT2D eigenvalue weighted by atomic mass is 10.1. The number of rotatable bonds is 7. The van der Waals surface area contributed by atoms with Gasteiger partial charge in [0.25, 0.3) is 11.8 Å². The van der Waals surface area contributed by atoms with E-state index in [0.717, 1.165) is 0 Å². The van der Waals surface area contributed by atoms with E-state index in [0.29, 0.717) is 17.8 Å². The summed E-state index contributed by atoms with van der Waals surface area (Å²) in [5, 5.41) is 7.24. The quantitative estimate of drug-likeness (QED) is 0.489. The van der Waals surface area contributed by atoms with Crippen molar-refractivity contribution in [3.63, 3.8) is 0 Å². The average molecular weight is 435 g/mol. The second-order valence-electron chi connectivity index (χ2n) is 6.55. The minimum Gasteiger partial charge on any atom is -0.459 e. The number of amides is 4. The van der Waals surface area contributed by atoms with Gasteiger partial charge in [-0.25, -0.2) is 9.59 Å². The molecule has 1 aromatic heterocycles. The van der Waals surface area contributed by atoms with Crippen LogP contribution in [0.3, 0.4) is 0 Å². The number of esters is 1. The van der Waals surface area contributed by atoms with E-state index in [1.165, 1.54) is 36.6 Å². The van der Waals surface area contributed by atoms with Crippen LogP contribution in [0, 0.1) is 0 Å². The van der Waals surface area contributed by atoms with E-state index in [2.05, 4.69) is 16.0 Å². The van der Waals surface area contributed by atoms with Gasteiger partial charge in [0, 0.05) is 17.8 Å². The molecular formula is C23H21N3O6. The Morgan fingerprint density at radius 2 is 1.66 bits per heavy atom. The molecule has 1 heterocycles. The van der Waals surface area contributed by atoms with Crippen LogP contribution in [-0.4, -0.2) is 30.4 Å². The van der Waals surface area contributed by atoms with Crippen LogP contribution in [0.15, 0.2) is 77.4 Å². The molecule has 3 N–H and O–H groups in total. The summed E-state index contributed by atoms with van der Waals surface area (Å²) in [4.78, 5) is 49.0. The summed E-state index contributed by atoms with van der Waals surface area (Å²) in [6.07, 6.45) is 0.0591. The fourth-order valence-corrected chi connectivity index (χ4v) is 2.75. The largest absolute Gasteiger partial charge is 0.459 e. The Labute approximate surface area is 183 Å². The monoisotopic (exact) mass is 435 g/mol. The number of imide groups is 1. The molecule has 0 aliphatic rings. The minimum absolute atomic E-state index is 0.150. The van der Waals surface area contributed by atoms with Crippen LogP contribution in [0.2, 0.25) is 0 Å². The number of carbonyl (C=O) groups excluding carboxylic acids is 4. The first-order chi connectivity index (χ1) is 15.5. The summed E-state index contributed by atoms with van der Waals surface area (Å²) in [6.45, 7) is 2.04. The van der Waals surface area contributed by atoms with E-state index < -0.39 is 29.9 Å². The fourth-order valence-electron chi connectivity index (χ4n) is 2.75. The Kier molecular flexibility index (Phi) is 7.37. The molecule has 9 nitrogen and oxygen atoms in total. The number of hydrogen-bond donors (Lipinski definition) is 3. The number of hydrogen-bond acceptors (Lipinski definition) is 6. The number of urea groups is 1. The van der Waals surface area contributed by atoms with Crippen molar-refractivity contribution < 1.29 is 28.3 Å². The maximum atomic E-state index is 12.7. The number of benzene rings is 2. The fraction of sp³-hybridized carbons (Fsp3) is 0.130. The summed E-state index contributed by atoms with van der Waals surface area (Å²) in [5.41, 5.74) is 1.01. The minimum atomic E-state index is -1.33. The number of anilines is 1. The standard InChI is InChI=1S/C23H21N3O6/c1-2-24-23(30)26-21(28)19(15-7-4-3-5-8-15)32-22(29)16-10-12-17(13-11-16)25-20(27)18-9-6-14-31-18/h3-14,19H,2H2,1H3,(H,25,27)(H2,24,26,28,30). The lowest BCUT2D eigenvalue weighted by Crippen LogP contribution is -2.42. The molecule has 1 unspecified atom stereocenters. The van der Waals surface area contributed by atoms with Crippen LogP contribution in [0.5, 0.6) is 0 Å². The first-order valence-corrected chi connectivity index (χ1v) is 9.77. The molecule has 0 fully saturated rings. The van der Waals surface area contributed by atoms with Crippen molar-refractivity contribution in [2.75, 3.05) is 11.9 Å². The molecule has 0 saturated carbocycles. The topological polar surface area (TPSA) is 127 Å². The maximum absolute atomic E-state index is 12.7. The number of ether oxygens (including phenoxy) is 1. The summed E-state index contributed by atoms with van der Waals surface area (Å²) in [5.74, 6) is -1.83. The summed E-state index contributed by atoms with van der Waals surface area (Å²) < 4.78 is 10.4. The van der Waals surface area contributed by atoms with Crippen molar-refractivity contribution in [1.29, 1.82) is 0 Å². The van der Waals surface area contributed by atoms with Crippen molar-refractivity contribution in [2.45, 2.75) is 13.0 Å². The zero-order chi connectivity index (χ0) is 22.9. The first kappa shape index (κ1) is 22.3. The van der Waals surface area contributed by atoms with Gasteiger partial charge in [0.05, 0.1) is 11.8 Å². The van der Waals surface area contributed by atoms with Gasteiger partial charge in [0.15, 0.2) is 5.76 Å². The highest BCUT2D eigenvalue weighted by Crippen LogP contribution is 2.20. The molecule has 0 bridgehead atoms. The molecule has 164 valence electrons. The third-order valence-electron chi connectivity index (χ3n) is 4.26. The Morgan fingerprint density at radius 1 is 0.938 bits per heavy atom. The van der Waals surface area contributed by atoms with Crippen LogP contribution >= 0.6 is 0 Å². The highest BCUT2D eigenvalue weighted by Gasteiger charge is 2.27. The van der Waals surface area contributed by atoms with E-state index in [9.17, 15) is 19.2 Å². The number of furan rings is 1. The van der Waals surface area contributed by atoms with Crippen molar-refractivity contribution in [2.24, 2.45) is 0 Å². The maximum Gasteiger partial charge on any atom is 0.339 e. The molecule has 32 heavy (non-hydrogen) atoms. The molecule has 1 atom stereocenters. The van der Waals surface area contributed by atoms with Gasteiger partial charge in [-0.05, 0) is 43.3 Å². The van der Waals surface area contributed by atoms with Gasteiger partial charge in [-0.3, -0.25) is 14.9 Å². The summed E-state index contributed by atoms with van der Waals surface area (Å²) in [6, 6.07) is 16.7. The van der Waals surface area contributed by atoms with Crippen LogP contribution in [0.1, 0.15) is 39.5 Å². The van der Waals surface area contributed by atoms with Gasteiger partial charge in [-0.1, -0.05) is 30.3 Å². The summed E-state index contributed by atoms with van der Waals surface area (Å²) in [7, 11) is 0. The molecule has 0 saturated heterocycles. The highest BCUT2D eigenvalue weighted by molar-refractivity contribution is 6.02. The van der Waals surface area contributed by atoms with Crippen molar-refractivity contribution >= 4 is 29.5 Å². The SMILES string of the molecule is CCNC(=O)NC(=O)C(OC(=O)c1ccc(NC(=O)c2ccco2)cc1)c1ccccc1. The number of carbonyl (C=O) groups is 4. The number of nitrogens with one attached hydrogen (secondary N) is 3. The zero-order valence-electron chi connectivity index (χ0n) is 17.2. The molecule has 0 aliphatic carbocycles. The van der Waals surface area contributed by atoms with Gasteiger partial charge in [0.2, 0.25) is 6.10 Å². The molecule has 4 amide bonds. The van der Waals surface area contributed by atoms with Gasteiger partial charge in [-0.15, -0.1) is 0 Å². The van der Waals surface area contributed by atoms with E-state index in [-0.39, 0.29) is 11.3 Å². The van der Waals surface area contributed by atoms with Crippen LogP contribution < -0.4 is 16.0 Å². The molecule has 3 aromatic rings. The van der Waals surface area contributed by atoms with Gasteiger partial charge in [-0.2, -0.15) is 0 Å². The molecule has 0 radical (unpaired) electrons. The average Bonchev–Trinajstić information content (AvgIpc) is 3.33. The lowest BCUT2D eigenvalue weighted by molar-refractivity contribution is -0.129. The third kappa shape index (κ3) is 5.82. The van der Waals surface area contributed by atoms with Crippen molar-refractivity contribution in [1.82, 2.24) is 10.6 Å². The molecule has 3 rings (SSSR count). The Balaban J connectivity index is 1.70. The van der Waals surface area contributed by atoms with Crippen LogP contribution in [0.4, 0.5) is 10.5 Å². The zero-order valence-corrected chi connectivity index (χ0v) is 17.2. The smallest absolute Gasteiger partial charge is 0.339 e. The molecule has 0 aliphatic heterocycles. The van der Waals surface area contributed by atoms with Gasteiger partial charge in [0.1, 0.15) is 0 Å². The highest BCUT2D eigenvalue weighted by atomic mass is 16.5. The predicted molar refractivity (Wildman–Crippen MR) is 115 cm³/mol. The van der Waals surface area contributed by atoms with E-state index in [4.69, 9.17) is 9.15 Å². The van der Waals surface area contributed by atoms with Crippen molar-refractivity contribution in [3.8, 4) is 0 Å². The van der Waals surface area contributed by atoms with Gasteiger partial charge < -0.3 is 19.8 Å². The molecule has 0 spiro atoms. The van der Waals surface area contributed by atoms with Crippen LogP contribution in [-0.2, 0) is 9.53 Å². The third-order valence-corrected chi connectivity index (χ3v) is 4.26. The first-order valence-electron chi connectivity index (χ1n) is 9.77. The Hall–Kier alpha value is -4.40. The van der Waals surface area contributed by atoms with E-state index in [1.54, 1.807) is 43.3 Å². The Morgan fingerprint density at radius 3 is 2.28 bits per heavy atom.